The van der Waals surface area contributed by atoms with Gasteiger partial charge >= 0.3 is 0 Å². The van der Waals surface area contributed by atoms with Gasteiger partial charge < -0.3 is 10.2 Å². The van der Waals surface area contributed by atoms with E-state index in [9.17, 15) is 4.79 Å². The predicted molar refractivity (Wildman–Crippen MR) is 91.1 cm³/mol. The Bertz CT molecular complexity index is 607. The summed E-state index contributed by atoms with van der Waals surface area (Å²) in [4.78, 5) is 19.4. The molecule has 120 valence electrons. The fourth-order valence-electron chi connectivity index (χ4n) is 3.09. The van der Waals surface area contributed by atoms with Crippen molar-refractivity contribution in [2.45, 2.75) is 31.8 Å². The van der Waals surface area contributed by atoms with Gasteiger partial charge in [-0.15, -0.1) is 0 Å². The highest BCUT2D eigenvalue weighted by Crippen LogP contribution is 2.19. The molecule has 2 aromatic rings. The van der Waals surface area contributed by atoms with Crippen LogP contribution in [0, 0.1) is 0 Å². The molecular formula is C19H23N3O. The zero-order valence-corrected chi connectivity index (χ0v) is 13.3. The number of hydrogen-bond donors (Lipinski definition) is 1. The Kier molecular flexibility index (Phi) is 5.37. The number of nitrogens with zero attached hydrogens (tertiary/aromatic N) is 2. The molecule has 0 bridgehead atoms. The van der Waals surface area contributed by atoms with E-state index in [1.807, 2.05) is 53.4 Å². The van der Waals surface area contributed by atoms with Crippen molar-refractivity contribution >= 4 is 5.91 Å². The van der Waals surface area contributed by atoms with Crippen molar-refractivity contribution < 1.29 is 4.79 Å². The fourth-order valence-corrected chi connectivity index (χ4v) is 3.09. The van der Waals surface area contributed by atoms with E-state index in [-0.39, 0.29) is 11.9 Å². The van der Waals surface area contributed by atoms with E-state index in [1.54, 1.807) is 6.20 Å². The van der Waals surface area contributed by atoms with Crippen LogP contribution in [-0.2, 0) is 6.54 Å². The molecule has 1 unspecified atom stereocenters. The molecule has 1 aromatic heterocycles. The second-order valence-corrected chi connectivity index (χ2v) is 5.95. The molecule has 0 aliphatic carbocycles. The van der Waals surface area contributed by atoms with Crippen LogP contribution in [0.1, 0.15) is 35.3 Å². The lowest BCUT2D eigenvalue weighted by Gasteiger charge is -2.31. The first kappa shape index (κ1) is 15.7. The highest BCUT2D eigenvalue weighted by atomic mass is 16.2. The second-order valence-electron chi connectivity index (χ2n) is 5.95. The molecule has 1 aromatic carbocycles. The van der Waals surface area contributed by atoms with Crippen LogP contribution in [0.2, 0.25) is 0 Å². The minimum atomic E-state index is 0.100. The largest absolute Gasteiger partial charge is 0.330 e. The summed E-state index contributed by atoms with van der Waals surface area (Å²) >= 11 is 0. The normalized spacial score (nSPS) is 18.2. The summed E-state index contributed by atoms with van der Waals surface area (Å²) in [5, 5.41) is 3.42. The van der Waals surface area contributed by atoms with Crippen LogP contribution in [0.25, 0.3) is 0 Å². The van der Waals surface area contributed by atoms with Crippen molar-refractivity contribution in [1.29, 1.82) is 0 Å². The summed E-state index contributed by atoms with van der Waals surface area (Å²) in [6.07, 6.45) is 4.92. The van der Waals surface area contributed by atoms with Gasteiger partial charge in [-0.1, -0.05) is 24.3 Å². The van der Waals surface area contributed by atoms with Crippen LogP contribution >= 0.6 is 0 Å². The van der Waals surface area contributed by atoms with Gasteiger partial charge in [-0.2, -0.15) is 0 Å². The molecule has 1 aliphatic rings. The van der Waals surface area contributed by atoms with E-state index in [1.165, 1.54) is 0 Å². The van der Waals surface area contributed by atoms with E-state index in [4.69, 9.17) is 0 Å². The van der Waals surface area contributed by atoms with Gasteiger partial charge in [-0.05, 0) is 56.6 Å². The van der Waals surface area contributed by atoms with Gasteiger partial charge in [-0.3, -0.25) is 9.78 Å². The van der Waals surface area contributed by atoms with Crippen molar-refractivity contribution in [3.8, 4) is 0 Å². The molecule has 4 heteroatoms. The van der Waals surface area contributed by atoms with Gasteiger partial charge in [-0.25, -0.2) is 0 Å². The number of carbonyl (C=O) groups excluding carboxylic acids is 1. The Morgan fingerprint density at radius 1 is 1.09 bits per heavy atom. The third-order valence-electron chi connectivity index (χ3n) is 4.33. The molecule has 1 saturated heterocycles. The minimum Gasteiger partial charge on any atom is -0.330 e. The Hall–Kier alpha value is -2.20. The molecule has 0 spiro atoms. The molecule has 0 radical (unpaired) electrons. The van der Waals surface area contributed by atoms with Gasteiger partial charge in [0.15, 0.2) is 0 Å². The predicted octanol–water partition coefficient (Wildman–Crippen LogP) is 2.87. The van der Waals surface area contributed by atoms with Crippen LogP contribution in [-0.4, -0.2) is 34.9 Å². The minimum absolute atomic E-state index is 0.100. The summed E-state index contributed by atoms with van der Waals surface area (Å²) in [6, 6.07) is 15.7. The molecule has 2 heterocycles. The summed E-state index contributed by atoms with van der Waals surface area (Å²) < 4.78 is 0. The maximum absolute atomic E-state index is 13.0. The van der Waals surface area contributed by atoms with Gasteiger partial charge in [0.2, 0.25) is 0 Å². The number of carbonyl (C=O) groups is 1. The van der Waals surface area contributed by atoms with Crippen LogP contribution < -0.4 is 5.32 Å². The molecular weight excluding hydrogens is 286 g/mol. The third kappa shape index (κ3) is 4.17. The Balaban J connectivity index is 1.84. The fraction of sp³-hybridized carbons (Fsp3) is 0.368. The van der Waals surface area contributed by atoms with Crippen LogP contribution in [0.4, 0.5) is 0 Å². The molecule has 4 nitrogen and oxygen atoms in total. The topological polar surface area (TPSA) is 45.2 Å². The maximum Gasteiger partial charge on any atom is 0.254 e. The molecule has 3 rings (SSSR count). The monoisotopic (exact) mass is 309 g/mol. The van der Waals surface area contributed by atoms with Gasteiger partial charge in [0.1, 0.15) is 0 Å². The Morgan fingerprint density at radius 3 is 2.70 bits per heavy atom. The zero-order valence-electron chi connectivity index (χ0n) is 13.3. The highest BCUT2D eigenvalue weighted by molar-refractivity contribution is 5.94. The molecule has 1 N–H and O–H groups in total. The van der Waals surface area contributed by atoms with Crippen molar-refractivity contribution in [2.75, 3.05) is 13.1 Å². The number of rotatable bonds is 4. The zero-order chi connectivity index (χ0) is 15.9. The van der Waals surface area contributed by atoms with Gasteiger partial charge in [0, 0.05) is 17.8 Å². The van der Waals surface area contributed by atoms with Crippen molar-refractivity contribution in [1.82, 2.24) is 15.2 Å². The quantitative estimate of drug-likeness (QED) is 0.944. The van der Waals surface area contributed by atoms with E-state index < -0.39 is 0 Å². The summed E-state index contributed by atoms with van der Waals surface area (Å²) in [7, 11) is 0. The third-order valence-corrected chi connectivity index (χ3v) is 4.33. The van der Waals surface area contributed by atoms with Crippen LogP contribution in [0.5, 0.6) is 0 Å². The standard InChI is InChI=1S/C19H23N3O/c23-19(16-7-2-1-3-8-16)22(15-17-9-4-5-13-21-17)18-10-6-12-20-14-11-18/h1-5,7-9,13,18,20H,6,10-12,14-15H2. The average molecular weight is 309 g/mol. The Labute approximate surface area is 137 Å². The smallest absolute Gasteiger partial charge is 0.254 e. The van der Waals surface area contributed by atoms with Crippen LogP contribution in [0.15, 0.2) is 54.7 Å². The van der Waals surface area contributed by atoms with E-state index in [0.29, 0.717) is 6.54 Å². The molecule has 23 heavy (non-hydrogen) atoms. The molecule has 1 amide bonds. The maximum atomic E-state index is 13.0. The SMILES string of the molecule is O=C(c1ccccc1)N(Cc1ccccn1)C1CCCNCC1. The van der Waals surface area contributed by atoms with Crippen molar-refractivity contribution in [2.24, 2.45) is 0 Å². The first-order valence-electron chi connectivity index (χ1n) is 8.31. The number of aromatic nitrogens is 1. The lowest BCUT2D eigenvalue weighted by atomic mass is 10.0. The van der Waals surface area contributed by atoms with Gasteiger partial charge in [0.25, 0.3) is 5.91 Å². The molecule has 1 aliphatic heterocycles. The van der Waals surface area contributed by atoms with E-state index in [0.717, 1.165) is 43.6 Å². The second kappa shape index (κ2) is 7.88. The number of benzene rings is 1. The number of amides is 1. The summed E-state index contributed by atoms with van der Waals surface area (Å²) in [5.74, 6) is 0.100. The number of pyridine rings is 1. The lowest BCUT2D eigenvalue weighted by Crippen LogP contribution is -2.40. The van der Waals surface area contributed by atoms with Crippen molar-refractivity contribution in [3.63, 3.8) is 0 Å². The van der Waals surface area contributed by atoms with E-state index >= 15 is 0 Å². The van der Waals surface area contributed by atoms with Crippen molar-refractivity contribution in [3.05, 3.63) is 66.0 Å². The molecule has 1 atom stereocenters. The molecule has 0 saturated carbocycles. The first-order chi connectivity index (χ1) is 11.3. The van der Waals surface area contributed by atoms with E-state index in [2.05, 4.69) is 10.3 Å². The average Bonchev–Trinajstić information content (AvgIpc) is 2.90. The summed E-state index contributed by atoms with van der Waals surface area (Å²) in [6.45, 7) is 2.57. The van der Waals surface area contributed by atoms with Crippen LogP contribution in [0.3, 0.4) is 0 Å². The lowest BCUT2D eigenvalue weighted by molar-refractivity contribution is 0.0642. The Morgan fingerprint density at radius 2 is 1.91 bits per heavy atom. The molecule has 1 fully saturated rings. The number of hydrogen-bond acceptors (Lipinski definition) is 3. The number of nitrogens with one attached hydrogen (secondary N) is 1. The highest BCUT2D eigenvalue weighted by Gasteiger charge is 2.25. The first-order valence-corrected chi connectivity index (χ1v) is 8.31. The summed E-state index contributed by atoms with van der Waals surface area (Å²) in [5.41, 5.74) is 1.69. The van der Waals surface area contributed by atoms with Gasteiger partial charge in [0.05, 0.1) is 12.2 Å².